The van der Waals surface area contributed by atoms with Crippen molar-refractivity contribution in [3.05, 3.63) is 51.3 Å². The quantitative estimate of drug-likeness (QED) is 0.287. The zero-order valence-electron chi connectivity index (χ0n) is 11.7. The first-order valence-corrected chi connectivity index (χ1v) is 7.16. The van der Waals surface area contributed by atoms with E-state index >= 15 is 0 Å². The van der Waals surface area contributed by atoms with Crippen LogP contribution in [-0.2, 0) is 5.75 Å². The van der Waals surface area contributed by atoms with Crippen molar-refractivity contribution in [2.24, 2.45) is 5.84 Å². The van der Waals surface area contributed by atoms with Gasteiger partial charge in [0.1, 0.15) is 6.33 Å². The van der Waals surface area contributed by atoms with E-state index in [1.807, 2.05) is 13.8 Å². The van der Waals surface area contributed by atoms with Crippen molar-refractivity contribution in [3.63, 3.8) is 0 Å². The molecule has 0 unspecified atom stereocenters. The molecule has 1 aromatic heterocycles. The maximum atomic E-state index is 11.1. The van der Waals surface area contributed by atoms with Crippen molar-refractivity contribution < 1.29 is 4.92 Å². The second-order valence-electron chi connectivity index (χ2n) is 4.56. The number of nitrogen functional groups attached to an aromatic ring is 1. The van der Waals surface area contributed by atoms with Crippen LogP contribution in [0.4, 0.5) is 11.5 Å². The summed E-state index contributed by atoms with van der Waals surface area (Å²) in [6.07, 6.45) is 1.26. The van der Waals surface area contributed by atoms with Crippen LogP contribution >= 0.6 is 11.8 Å². The lowest BCUT2D eigenvalue weighted by Crippen LogP contribution is -2.12. The van der Waals surface area contributed by atoms with Crippen LogP contribution in [0, 0.1) is 24.0 Å². The Balaban J connectivity index is 2.25. The van der Waals surface area contributed by atoms with Gasteiger partial charge in [-0.3, -0.25) is 10.1 Å². The van der Waals surface area contributed by atoms with Crippen molar-refractivity contribution >= 4 is 23.3 Å². The van der Waals surface area contributed by atoms with Gasteiger partial charge in [-0.25, -0.2) is 15.8 Å². The van der Waals surface area contributed by atoms with E-state index < -0.39 is 4.92 Å². The van der Waals surface area contributed by atoms with E-state index in [1.54, 1.807) is 0 Å². The Kier molecular flexibility index (Phi) is 4.71. The summed E-state index contributed by atoms with van der Waals surface area (Å²) < 4.78 is 0. The number of aromatic nitrogens is 2. The first-order valence-electron chi connectivity index (χ1n) is 6.17. The number of anilines is 1. The van der Waals surface area contributed by atoms with E-state index in [1.165, 1.54) is 18.1 Å². The molecule has 0 spiro atoms. The van der Waals surface area contributed by atoms with E-state index in [2.05, 4.69) is 33.6 Å². The lowest BCUT2D eigenvalue weighted by Gasteiger charge is -2.06. The predicted molar refractivity (Wildman–Crippen MR) is 82.0 cm³/mol. The molecule has 0 saturated heterocycles. The molecule has 0 aliphatic heterocycles. The average Bonchev–Trinajstić information content (AvgIpc) is 2.43. The predicted octanol–water partition coefficient (Wildman–Crippen LogP) is 2.58. The molecule has 2 rings (SSSR count). The van der Waals surface area contributed by atoms with Gasteiger partial charge in [0.15, 0.2) is 5.03 Å². The third-order valence-electron chi connectivity index (χ3n) is 2.77. The van der Waals surface area contributed by atoms with Crippen molar-refractivity contribution in [3.8, 4) is 0 Å². The Morgan fingerprint density at radius 1 is 1.29 bits per heavy atom. The van der Waals surface area contributed by atoms with Crippen molar-refractivity contribution in [1.82, 2.24) is 9.97 Å². The van der Waals surface area contributed by atoms with Crippen LogP contribution in [0.1, 0.15) is 16.7 Å². The Bertz CT molecular complexity index is 657. The fraction of sp³-hybridized carbons (Fsp3) is 0.231. The maximum absolute atomic E-state index is 11.1. The van der Waals surface area contributed by atoms with Gasteiger partial charge in [-0.2, -0.15) is 0 Å². The number of nitrogens with two attached hydrogens (primary N) is 1. The molecule has 110 valence electrons. The number of nitrogens with zero attached hydrogens (tertiary/aromatic N) is 3. The molecule has 1 heterocycles. The molecule has 0 fully saturated rings. The van der Waals surface area contributed by atoms with Crippen LogP contribution in [-0.4, -0.2) is 14.9 Å². The van der Waals surface area contributed by atoms with E-state index in [0.29, 0.717) is 10.8 Å². The lowest BCUT2D eigenvalue weighted by molar-refractivity contribution is -0.387. The molecule has 0 aliphatic rings. The Labute approximate surface area is 126 Å². The van der Waals surface area contributed by atoms with Gasteiger partial charge in [0.25, 0.3) is 0 Å². The second-order valence-corrected chi connectivity index (χ2v) is 5.53. The van der Waals surface area contributed by atoms with E-state index in [0.717, 1.165) is 16.7 Å². The van der Waals surface area contributed by atoms with Gasteiger partial charge in [-0.05, 0) is 19.4 Å². The van der Waals surface area contributed by atoms with Crippen LogP contribution in [0.25, 0.3) is 0 Å². The van der Waals surface area contributed by atoms with Crippen molar-refractivity contribution in [1.29, 1.82) is 0 Å². The zero-order chi connectivity index (χ0) is 15.4. The van der Waals surface area contributed by atoms with Gasteiger partial charge in [0.2, 0.25) is 5.82 Å². The van der Waals surface area contributed by atoms with E-state index in [4.69, 9.17) is 5.84 Å². The Morgan fingerprint density at radius 3 is 2.52 bits per heavy atom. The molecule has 2 aromatic rings. The van der Waals surface area contributed by atoms with Crippen molar-refractivity contribution in [2.75, 3.05) is 5.43 Å². The summed E-state index contributed by atoms with van der Waals surface area (Å²) in [5.74, 6) is 5.85. The number of rotatable bonds is 5. The number of benzene rings is 1. The molecule has 0 saturated carbocycles. The topological polar surface area (TPSA) is 107 Å². The Morgan fingerprint density at radius 2 is 1.95 bits per heavy atom. The molecule has 8 heteroatoms. The molecule has 0 bridgehead atoms. The smallest absolute Gasteiger partial charge is 0.303 e. The third kappa shape index (κ3) is 3.67. The standard InChI is InChI=1S/C13H15N5O2S/c1-8-3-9(2)5-10(4-8)6-21-13-11(18(19)20)12(17-14)15-7-16-13/h3-5,7H,6,14H2,1-2H3,(H,15,16,17). The Hall–Kier alpha value is -2.19. The van der Waals surface area contributed by atoms with Crippen molar-refractivity contribution in [2.45, 2.75) is 24.6 Å². The van der Waals surface area contributed by atoms with E-state index in [-0.39, 0.29) is 11.5 Å². The van der Waals surface area contributed by atoms with Crippen LogP contribution in [0.2, 0.25) is 0 Å². The minimum Gasteiger partial charge on any atom is -0.303 e. The second kappa shape index (κ2) is 6.51. The van der Waals surface area contributed by atoms with Crippen LogP contribution < -0.4 is 11.3 Å². The highest BCUT2D eigenvalue weighted by Crippen LogP contribution is 2.33. The van der Waals surface area contributed by atoms with Gasteiger partial charge >= 0.3 is 5.69 Å². The molecule has 7 nitrogen and oxygen atoms in total. The summed E-state index contributed by atoms with van der Waals surface area (Å²) in [4.78, 5) is 18.4. The maximum Gasteiger partial charge on any atom is 0.344 e. The molecular formula is C13H15N5O2S. The fourth-order valence-corrected chi connectivity index (χ4v) is 2.94. The largest absolute Gasteiger partial charge is 0.344 e. The molecule has 0 radical (unpaired) electrons. The van der Waals surface area contributed by atoms with Gasteiger partial charge in [0.05, 0.1) is 4.92 Å². The molecule has 0 amide bonds. The van der Waals surface area contributed by atoms with Crippen LogP contribution in [0.15, 0.2) is 29.6 Å². The number of hydrazine groups is 1. The number of nitro groups is 1. The number of hydrogen-bond donors (Lipinski definition) is 2. The van der Waals surface area contributed by atoms with Crippen LogP contribution in [0.5, 0.6) is 0 Å². The first-order chi connectivity index (χ1) is 10.0. The average molecular weight is 305 g/mol. The normalized spacial score (nSPS) is 10.4. The van der Waals surface area contributed by atoms with Gasteiger partial charge in [-0.1, -0.05) is 41.1 Å². The van der Waals surface area contributed by atoms with Gasteiger partial charge < -0.3 is 5.43 Å². The summed E-state index contributed by atoms with van der Waals surface area (Å²) >= 11 is 1.29. The molecular weight excluding hydrogens is 290 g/mol. The highest BCUT2D eigenvalue weighted by molar-refractivity contribution is 7.98. The number of thioether (sulfide) groups is 1. The molecule has 0 aliphatic carbocycles. The number of nitrogens with one attached hydrogen (secondary N) is 1. The number of hydrogen-bond acceptors (Lipinski definition) is 7. The monoisotopic (exact) mass is 305 g/mol. The summed E-state index contributed by atoms with van der Waals surface area (Å²) in [6, 6.07) is 6.18. The number of aryl methyl sites for hydroxylation is 2. The molecule has 21 heavy (non-hydrogen) atoms. The summed E-state index contributed by atoms with van der Waals surface area (Å²) in [5, 5.41) is 11.4. The molecule has 0 atom stereocenters. The van der Waals surface area contributed by atoms with Crippen LogP contribution in [0.3, 0.4) is 0 Å². The minimum atomic E-state index is -0.529. The summed E-state index contributed by atoms with van der Waals surface area (Å²) in [5.41, 5.74) is 5.44. The summed E-state index contributed by atoms with van der Waals surface area (Å²) in [7, 11) is 0. The first kappa shape index (κ1) is 15.2. The molecule has 1 aromatic carbocycles. The highest BCUT2D eigenvalue weighted by atomic mass is 32.2. The minimum absolute atomic E-state index is 0.0120. The fourth-order valence-electron chi connectivity index (χ4n) is 2.04. The molecule has 3 N–H and O–H groups in total. The zero-order valence-corrected chi connectivity index (χ0v) is 12.5. The van der Waals surface area contributed by atoms with E-state index in [9.17, 15) is 10.1 Å². The summed E-state index contributed by atoms with van der Waals surface area (Å²) in [6.45, 7) is 4.04. The third-order valence-corrected chi connectivity index (χ3v) is 3.81. The SMILES string of the molecule is Cc1cc(C)cc(CSc2ncnc(NN)c2[N+](=O)[O-])c1. The lowest BCUT2D eigenvalue weighted by atomic mass is 10.1. The highest BCUT2D eigenvalue weighted by Gasteiger charge is 2.22. The van der Waals surface area contributed by atoms with Gasteiger partial charge in [0, 0.05) is 5.75 Å². The van der Waals surface area contributed by atoms with Gasteiger partial charge in [-0.15, -0.1) is 0 Å².